The Hall–Kier alpha value is -2.62. The van der Waals surface area contributed by atoms with Gasteiger partial charge in [0.15, 0.2) is 0 Å². The minimum absolute atomic E-state index is 0.371. The van der Waals surface area contributed by atoms with Crippen molar-refractivity contribution in [1.29, 1.82) is 0 Å². The van der Waals surface area contributed by atoms with E-state index in [2.05, 4.69) is 4.98 Å². The molecule has 0 radical (unpaired) electrons. The topological polar surface area (TPSA) is 44.1 Å². The summed E-state index contributed by atoms with van der Waals surface area (Å²) in [7, 11) is 1.37. The SMILES string of the molecule is COC(=O)c1cccc2c1ncn2-c1ccccc1. The van der Waals surface area contributed by atoms with Crippen LogP contribution in [0.2, 0.25) is 0 Å². The first kappa shape index (κ1) is 11.5. The first-order valence-electron chi connectivity index (χ1n) is 5.91. The molecule has 4 heteroatoms. The number of rotatable bonds is 2. The van der Waals surface area contributed by atoms with Gasteiger partial charge in [-0.3, -0.25) is 4.57 Å². The molecule has 0 amide bonds. The van der Waals surface area contributed by atoms with Gasteiger partial charge in [-0.1, -0.05) is 24.3 Å². The van der Waals surface area contributed by atoms with E-state index in [9.17, 15) is 4.79 Å². The average molecular weight is 252 g/mol. The van der Waals surface area contributed by atoms with Gasteiger partial charge in [-0.25, -0.2) is 9.78 Å². The summed E-state index contributed by atoms with van der Waals surface area (Å²) in [6.45, 7) is 0. The third kappa shape index (κ3) is 1.87. The number of benzene rings is 2. The number of para-hydroxylation sites is 2. The molecule has 19 heavy (non-hydrogen) atoms. The van der Waals surface area contributed by atoms with E-state index < -0.39 is 0 Å². The Morgan fingerprint density at radius 1 is 1.11 bits per heavy atom. The van der Waals surface area contributed by atoms with Crippen molar-refractivity contribution < 1.29 is 9.53 Å². The average Bonchev–Trinajstić information content (AvgIpc) is 2.91. The molecule has 0 saturated heterocycles. The molecule has 0 bridgehead atoms. The van der Waals surface area contributed by atoms with Crippen LogP contribution in [0.5, 0.6) is 0 Å². The molecule has 3 aromatic rings. The largest absolute Gasteiger partial charge is 0.465 e. The highest BCUT2D eigenvalue weighted by atomic mass is 16.5. The molecule has 2 aromatic carbocycles. The Labute approximate surface area is 110 Å². The predicted octanol–water partition coefficient (Wildman–Crippen LogP) is 2.81. The van der Waals surface area contributed by atoms with E-state index in [-0.39, 0.29) is 5.97 Å². The molecule has 0 saturated carbocycles. The first-order chi connectivity index (χ1) is 9.31. The number of aromatic nitrogens is 2. The van der Waals surface area contributed by atoms with E-state index in [1.807, 2.05) is 47.0 Å². The molecule has 94 valence electrons. The number of carbonyl (C=O) groups is 1. The van der Waals surface area contributed by atoms with Crippen molar-refractivity contribution in [2.75, 3.05) is 7.11 Å². The predicted molar refractivity (Wildman–Crippen MR) is 72.4 cm³/mol. The highest BCUT2D eigenvalue weighted by molar-refractivity contribution is 6.02. The first-order valence-corrected chi connectivity index (χ1v) is 5.91. The number of carbonyl (C=O) groups excluding carboxylic acids is 1. The maximum atomic E-state index is 11.7. The summed E-state index contributed by atoms with van der Waals surface area (Å²) in [5.41, 5.74) is 3.02. The van der Waals surface area contributed by atoms with Crippen LogP contribution in [-0.2, 0) is 4.74 Å². The number of methoxy groups -OCH3 is 1. The van der Waals surface area contributed by atoms with Crippen molar-refractivity contribution in [2.45, 2.75) is 0 Å². The van der Waals surface area contributed by atoms with Crippen molar-refractivity contribution in [3.05, 3.63) is 60.4 Å². The van der Waals surface area contributed by atoms with Crippen molar-refractivity contribution in [3.8, 4) is 5.69 Å². The molecular formula is C15H12N2O2. The second-order valence-electron chi connectivity index (χ2n) is 4.12. The molecule has 0 atom stereocenters. The summed E-state index contributed by atoms with van der Waals surface area (Å²) in [4.78, 5) is 16.0. The lowest BCUT2D eigenvalue weighted by Crippen LogP contribution is -2.02. The van der Waals surface area contributed by atoms with Crippen LogP contribution >= 0.6 is 0 Å². The Morgan fingerprint density at radius 3 is 2.63 bits per heavy atom. The molecular weight excluding hydrogens is 240 g/mol. The fourth-order valence-electron chi connectivity index (χ4n) is 2.11. The highest BCUT2D eigenvalue weighted by Crippen LogP contribution is 2.21. The smallest absolute Gasteiger partial charge is 0.340 e. The lowest BCUT2D eigenvalue weighted by molar-refractivity contribution is 0.0603. The van der Waals surface area contributed by atoms with E-state index in [4.69, 9.17) is 4.74 Å². The summed E-state index contributed by atoms with van der Waals surface area (Å²) in [5, 5.41) is 0. The van der Waals surface area contributed by atoms with Gasteiger partial charge in [0.25, 0.3) is 0 Å². The lowest BCUT2D eigenvalue weighted by Gasteiger charge is -2.04. The molecule has 3 rings (SSSR count). The third-order valence-electron chi connectivity index (χ3n) is 3.02. The number of nitrogens with zero attached hydrogens (tertiary/aromatic N) is 2. The number of hydrogen-bond acceptors (Lipinski definition) is 3. The van der Waals surface area contributed by atoms with Gasteiger partial charge >= 0.3 is 5.97 Å². The summed E-state index contributed by atoms with van der Waals surface area (Å²) in [6, 6.07) is 15.4. The third-order valence-corrected chi connectivity index (χ3v) is 3.02. The maximum Gasteiger partial charge on any atom is 0.340 e. The van der Waals surface area contributed by atoms with Crippen LogP contribution in [0.15, 0.2) is 54.9 Å². The number of fused-ring (bicyclic) bond motifs is 1. The molecule has 0 fully saturated rings. The van der Waals surface area contributed by atoms with Crippen LogP contribution in [0.1, 0.15) is 10.4 Å². The van der Waals surface area contributed by atoms with Gasteiger partial charge < -0.3 is 4.74 Å². The summed E-state index contributed by atoms with van der Waals surface area (Å²) in [5.74, 6) is -0.371. The molecule has 1 aromatic heterocycles. The van der Waals surface area contributed by atoms with Crippen LogP contribution in [0, 0.1) is 0 Å². The zero-order valence-corrected chi connectivity index (χ0v) is 10.4. The molecule has 0 unspecified atom stereocenters. The van der Waals surface area contributed by atoms with Gasteiger partial charge in [0.1, 0.15) is 11.8 Å². The molecule has 0 spiro atoms. The molecule has 0 aliphatic carbocycles. The van der Waals surface area contributed by atoms with E-state index >= 15 is 0 Å². The van der Waals surface area contributed by atoms with E-state index in [0.29, 0.717) is 11.1 Å². The summed E-state index contributed by atoms with van der Waals surface area (Å²) in [6.07, 6.45) is 1.71. The molecule has 4 nitrogen and oxygen atoms in total. The Bertz CT molecular complexity index is 732. The summed E-state index contributed by atoms with van der Waals surface area (Å²) >= 11 is 0. The van der Waals surface area contributed by atoms with Crippen molar-refractivity contribution >= 4 is 17.0 Å². The zero-order chi connectivity index (χ0) is 13.2. The highest BCUT2D eigenvalue weighted by Gasteiger charge is 2.14. The van der Waals surface area contributed by atoms with Crippen LogP contribution < -0.4 is 0 Å². The molecule has 0 N–H and O–H groups in total. The number of esters is 1. The number of hydrogen-bond donors (Lipinski definition) is 0. The van der Waals surface area contributed by atoms with Crippen LogP contribution in [0.4, 0.5) is 0 Å². The fraction of sp³-hybridized carbons (Fsp3) is 0.0667. The lowest BCUT2D eigenvalue weighted by atomic mass is 10.2. The van der Waals surface area contributed by atoms with Gasteiger partial charge in [0.2, 0.25) is 0 Å². The van der Waals surface area contributed by atoms with Gasteiger partial charge in [0, 0.05) is 5.69 Å². The minimum atomic E-state index is -0.371. The van der Waals surface area contributed by atoms with Crippen LogP contribution in [0.25, 0.3) is 16.7 Å². The van der Waals surface area contributed by atoms with Gasteiger partial charge in [-0.05, 0) is 24.3 Å². The standard InChI is InChI=1S/C15H12N2O2/c1-19-15(18)12-8-5-9-13-14(12)16-10-17(13)11-6-3-2-4-7-11/h2-10H,1H3. The van der Waals surface area contributed by atoms with Crippen molar-refractivity contribution in [3.63, 3.8) is 0 Å². The van der Waals surface area contributed by atoms with E-state index in [1.54, 1.807) is 12.4 Å². The molecule has 1 heterocycles. The normalized spacial score (nSPS) is 10.6. The van der Waals surface area contributed by atoms with Gasteiger partial charge in [-0.15, -0.1) is 0 Å². The minimum Gasteiger partial charge on any atom is -0.465 e. The molecule has 0 aliphatic rings. The van der Waals surface area contributed by atoms with E-state index in [0.717, 1.165) is 11.2 Å². The summed E-state index contributed by atoms with van der Waals surface area (Å²) < 4.78 is 6.72. The molecule has 0 aliphatic heterocycles. The fourth-order valence-corrected chi connectivity index (χ4v) is 2.11. The van der Waals surface area contributed by atoms with Gasteiger partial charge in [0.05, 0.1) is 18.2 Å². The van der Waals surface area contributed by atoms with Gasteiger partial charge in [-0.2, -0.15) is 0 Å². The Balaban J connectivity index is 2.23. The number of imidazole rings is 1. The Morgan fingerprint density at radius 2 is 1.89 bits per heavy atom. The quantitative estimate of drug-likeness (QED) is 0.659. The van der Waals surface area contributed by atoms with Crippen molar-refractivity contribution in [2.24, 2.45) is 0 Å². The Kier molecular flexibility index (Phi) is 2.76. The second kappa shape index (κ2) is 4.57. The van der Waals surface area contributed by atoms with Crippen LogP contribution in [-0.4, -0.2) is 22.6 Å². The second-order valence-corrected chi connectivity index (χ2v) is 4.12. The zero-order valence-electron chi connectivity index (χ0n) is 10.4. The monoisotopic (exact) mass is 252 g/mol. The van der Waals surface area contributed by atoms with E-state index in [1.165, 1.54) is 7.11 Å². The van der Waals surface area contributed by atoms with Crippen LogP contribution in [0.3, 0.4) is 0 Å². The maximum absolute atomic E-state index is 11.7. The number of ether oxygens (including phenoxy) is 1. The van der Waals surface area contributed by atoms with Crippen molar-refractivity contribution in [1.82, 2.24) is 9.55 Å².